The summed E-state index contributed by atoms with van der Waals surface area (Å²) in [5.74, 6) is 1.20. The van der Waals surface area contributed by atoms with Gasteiger partial charge in [-0.3, -0.25) is 0 Å². The van der Waals surface area contributed by atoms with Crippen LogP contribution in [-0.2, 0) is 0 Å². The maximum atomic E-state index is 5.42. The van der Waals surface area contributed by atoms with Crippen LogP contribution in [0.25, 0.3) is 5.57 Å². The van der Waals surface area contributed by atoms with Gasteiger partial charge in [0.25, 0.3) is 0 Å². The number of rotatable bonds is 7. The van der Waals surface area contributed by atoms with Crippen LogP contribution in [0, 0.1) is 5.92 Å². The number of hydrogen-bond acceptors (Lipinski definition) is 2. The molecule has 2 nitrogen and oxygen atoms in total. The minimum atomic E-state index is 0.467. The first-order chi connectivity index (χ1) is 8.69. The molecule has 18 heavy (non-hydrogen) atoms. The number of nitrogens with zero attached hydrogens (tertiary/aromatic N) is 1. The quantitative estimate of drug-likeness (QED) is 0.631. The Labute approximate surface area is 110 Å². The van der Waals surface area contributed by atoms with E-state index in [9.17, 15) is 0 Å². The largest absolute Gasteiger partial charge is 0.445 e. The summed E-state index contributed by atoms with van der Waals surface area (Å²) in [6.45, 7) is 10.3. The average Bonchev–Trinajstić information content (AvgIpc) is 2.86. The lowest BCUT2D eigenvalue weighted by Gasteiger charge is -2.09. The molecule has 1 rings (SSSR count). The second-order valence-corrected chi connectivity index (χ2v) is 4.67. The highest BCUT2D eigenvalue weighted by Gasteiger charge is 2.08. The fourth-order valence-corrected chi connectivity index (χ4v) is 1.73. The van der Waals surface area contributed by atoms with E-state index in [1.807, 2.05) is 6.08 Å². The van der Waals surface area contributed by atoms with Crippen molar-refractivity contribution in [2.75, 3.05) is 0 Å². The first-order valence-corrected chi connectivity index (χ1v) is 6.62. The van der Waals surface area contributed by atoms with Crippen molar-refractivity contribution < 1.29 is 4.42 Å². The third kappa shape index (κ3) is 4.36. The molecule has 0 saturated carbocycles. The van der Waals surface area contributed by atoms with E-state index in [0.29, 0.717) is 5.92 Å². The summed E-state index contributed by atoms with van der Waals surface area (Å²) in [7, 11) is 0. The van der Waals surface area contributed by atoms with Crippen LogP contribution in [0.5, 0.6) is 0 Å². The van der Waals surface area contributed by atoms with Crippen molar-refractivity contribution in [3.05, 3.63) is 48.7 Å². The first-order valence-electron chi connectivity index (χ1n) is 6.62. The third-order valence-corrected chi connectivity index (χ3v) is 2.82. The topological polar surface area (TPSA) is 26.0 Å². The molecule has 0 aliphatic heterocycles. The van der Waals surface area contributed by atoms with Gasteiger partial charge in [0.1, 0.15) is 6.26 Å². The van der Waals surface area contributed by atoms with Crippen molar-refractivity contribution in [3.63, 3.8) is 0 Å². The van der Waals surface area contributed by atoms with Gasteiger partial charge in [-0.15, -0.1) is 0 Å². The lowest BCUT2D eigenvalue weighted by Crippen LogP contribution is -1.94. The van der Waals surface area contributed by atoms with Crippen LogP contribution in [0.1, 0.15) is 45.9 Å². The molecule has 0 spiro atoms. The van der Waals surface area contributed by atoms with Crippen LogP contribution >= 0.6 is 0 Å². The van der Waals surface area contributed by atoms with Gasteiger partial charge in [-0.05, 0) is 24.3 Å². The molecule has 0 aromatic carbocycles. The second-order valence-electron chi connectivity index (χ2n) is 4.67. The highest BCUT2D eigenvalue weighted by molar-refractivity contribution is 5.62. The zero-order valence-corrected chi connectivity index (χ0v) is 11.6. The highest BCUT2D eigenvalue weighted by atomic mass is 16.3. The number of unbranched alkanes of at least 4 members (excludes halogenated alkanes) is 1. The fourth-order valence-electron chi connectivity index (χ4n) is 1.73. The molecule has 0 N–H and O–H groups in total. The van der Waals surface area contributed by atoms with Gasteiger partial charge in [0.2, 0.25) is 5.89 Å². The Morgan fingerprint density at radius 2 is 2.28 bits per heavy atom. The van der Waals surface area contributed by atoms with Crippen LogP contribution in [0.4, 0.5) is 0 Å². The van der Waals surface area contributed by atoms with Crippen LogP contribution < -0.4 is 0 Å². The summed E-state index contributed by atoms with van der Waals surface area (Å²) in [5.41, 5.74) is 2.43. The smallest absolute Gasteiger partial charge is 0.221 e. The van der Waals surface area contributed by atoms with Gasteiger partial charge in [-0.2, -0.15) is 0 Å². The molecule has 0 aliphatic carbocycles. The van der Waals surface area contributed by atoms with Crippen molar-refractivity contribution in [3.8, 4) is 0 Å². The van der Waals surface area contributed by atoms with E-state index in [1.165, 1.54) is 17.6 Å². The van der Waals surface area contributed by atoms with Gasteiger partial charge in [-0.1, -0.05) is 52.0 Å². The Hall–Kier alpha value is -1.57. The summed E-state index contributed by atoms with van der Waals surface area (Å²) >= 11 is 0. The normalized spacial score (nSPS) is 13.1. The van der Waals surface area contributed by atoms with Gasteiger partial charge < -0.3 is 4.42 Å². The second kappa shape index (κ2) is 7.70. The predicted molar refractivity (Wildman–Crippen MR) is 77.1 cm³/mol. The van der Waals surface area contributed by atoms with Crippen molar-refractivity contribution in [1.29, 1.82) is 0 Å². The molecule has 0 atom stereocenters. The molecular formula is C16H23NO. The van der Waals surface area contributed by atoms with E-state index in [2.05, 4.69) is 44.5 Å². The number of hydrogen-bond donors (Lipinski definition) is 0. The Balaban J connectivity index is 3.01. The van der Waals surface area contributed by atoms with E-state index in [0.717, 1.165) is 18.7 Å². The Kier molecular flexibility index (Phi) is 6.20. The molecule has 1 aromatic rings. The fraction of sp³-hybridized carbons (Fsp3) is 0.438. The van der Waals surface area contributed by atoms with Crippen molar-refractivity contribution in [1.82, 2.24) is 4.98 Å². The van der Waals surface area contributed by atoms with E-state index in [1.54, 1.807) is 12.5 Å². The monoisotopic (exact) mass is 245 g/mol. The Morgan fingerprint density at radius 1 is 1.50 bits per heavy atom. The molecule has 0 fully saturated rings. The minimum Gasteiger partial charge on any atom is -0.445 e. The molecule has 0 amide bonds. The van der Waals surface area contributed by atoms with Gasteiger partial charge in [0.15, 0.2) is 0 Å². The number of aromatic nitrogens is 1. The molecule has 0 saturated heterocycles. The zero-order chi connectivity index (χ0) is 13.4. The van der Waals surface area contributed by atoms with E-state index < -0.39 is 0 Å². The average molecular weight is 245 g/mol. The van der Waals surface area contributed by atoms with Gasteiger partial charge in [0, 0.05) is 5.57 Å². The van der Waals surface area contributed by atoms with Crippen molar-refractivity contribution in [2.24, 2.45) is 5.92 Å². The maximum Gasteiger partial charge on any atom is 0.221 e. The van der Waals surface area contributed by atoms with Crippen LogP contribution in [0.15, 0.2) is 47.3 Å². The molecular weight excluding hydrogens is 222 g/mol. The highest BCUT2D eigenvalue weighted by Crippen LogP contribution is 2.24. The molecule has 1 aromatic heterocycles. The molecule has 0 unspecified atom stereocenters. The van der Waals surface area contributed by atoms with E-state index >= 15 is 0 Å². The summed E-state index contributed by atoms with van der Waals surface area (Å²) in [4.78, 5) is 4.25. The summed E-state index contributed by atoms with van der Waals surface area (Å²) in [6, 6.07) is 0. The maximum absolute atomic E-state index is 5.42. The van der Waals surface area contributed by atoms with Crippen molar-refractivity contribution >= 4 is 5.57 Å². The lowest BCUT2D eigenvalue weighted by molar-refractivity contribution is 0.537. The lowest BCUT2D eigenvalue weighted by atomic mass is 9.97. The third-order valence-electron chi connectivity index (χ3n) is 2.82. The molecule has 0 bridgehead atoms. The summed E-state index contributed by atoms with van der Waals surface area (Å²) < 4.78 is 5.42. The SMILES string of the molecule is C=C/C=C(\C=C(/CCCC)c1ncco1)C(C)C. The van der Waals surface area contributed by atoms with Gasteiger partial charge >= 0.3 is 0 Å². The van der Waals surface area contributed by atoms with Crippen LogP contribution in [0.2, 0.25) is 0 Å². The van der Waals surface area contributed by atoms with Crippen LogP contribution in [-0.4, -0.2) is 4.98 Å². The summed E-state index contributed by atoms with van der Waals surface area (Å²) in [5, 5.41) is 0. The molecule has 1 heterocycles. The predicted octanol–water partition coefficient (Wildman–Crippen LogP) is 5.02. The molecule has 0 radical (unpaired) electrons. The number of oxazole rings is 1. The van der Waals surface area contributed by atoms with Gasteiger partial charge in [0.05, 0.1) is 6.20 Å². The van der Waals surface area contributed by atoms with Crippen molar-refractivity contribution in [2.45, 2.75) is 40.0 Å². The van der Waals surface area contributed by atoms with E-state index in [-0.39, 0.29) is 0 Å². The number of allylic oxidation sites excluding steroid dienone is 5. The van der Waals surface area contributed by atoms with Gasteiger partial charge in [-0.25, -0.2) is 4.98 Å². The van der Waals surface area contributed by atoms with E-state index in [4.69, 9.17) is 4.42 Å². The molecule has 0 aliphatic rings. The Bertz CT molecular complexity index is 410. The first kappa shape index (κ1) is 14.5. The van der Waals surface area contributed by atoms with Crippen LogP contribution in [0.3, 0.4) is 0 Å². The Morgan fingerprint density at radius 3 is 2.78 bits per heavy atom. The summed E-state index contributed by atoms with van der Waals surface area (Å²) in [6.07, 6.45) is 12.7. The standard InChI is InChI=1S/C16H23NO/c1-5-7-9-15(16-17-10-11-18-16)12-14(8-6-2)13(3)4/h6,8,10-13H,2,5,7,9H2,1,3-4H3/b14-8+,15-12+. The minimum absolute atomic E-state index is 0.467. The molecule has 98 valence electrons. The molecule has 2 heteroatoms. The zero-order valence-electron chi connectivity index (χ0n) is 11.6.